The Bertz CT molecular complexity index is 382. The lowest BCUT2D eigenvalue weighted by atomic mass is 10.2. The molecule has 1 aromatic heterocycles. The van der Waals surface area contributed by atoms with Crippen molar-refractivity contribution >= 4 is 17.4 Å². The van der Waals surface area contributed by atoms with Gasteiger partial charge in [-0.1, -0.05) is 11.6 Å². The van der Waals surface area contributed by atoms with E-state index in [1.807, 2.05) is 0 Å². The van der Waals surface area contributed by atoms with Crippen molar-refractivity contribution in [2.75, 3.05) is 25.6 Å². The maximum atomic E-state index is 11.1. The van der Waals surface area contributed by atoms with Gasteiger partial charge in [-0.15, -0.1) is 0 Å². The maximum absolute atomic E-state index is 11.1. The van der Waals surface area contributed by atoms with Crippen molar-refractivity contribution in [2.45, 2.75) is 12.5 Å². The lowest BCUT2D eigenvalue weighted by molar-refractivity contribution is 0.178. The van der Waals surface area contributed by atoms with E-state index in [4.69, 9.17) is 22.1 Å². The maximum Gasteiger partial charge on any atom is 0.271 e. The van der Waals surface area contributed by atoms with E-state index in [2.05, 4.69) is 15.3 Å². The Hall–Kier alpha value is -1.11. The van der Waals surface area contributed by atoms with Crippen LogP contribution in [-0.2, 0) is 4.74 Å². The van der Waals surface area contributed by atoms with Crippen LogP contribution in [0, 0.1) is 0 Å². The second kappa shape index (κ2) is 6.47. The molecule has 90 valence electrons. The van der Waals surface area contributed by atoms with Crippen molar-refractivity contribution in [1.82, 2.24) is 9.97 Å². The van der Waals surface area contributed by atoms with Crippen molar-refractivity contribution < 1.29 is 4.74 Å². The molecule has 0 fully saturated rings. The molecule has 1 atom stereocenters. The van der Waals surface area contributed by atoms with Crippen LogP contribution in [0.2, 0.25) is 5.02 Å². The molecule has 1 aromatic rings. The molecule has 0 radical (unpaired) electrons. The first-order valence-corrected chi connectivity index (χ1v) is 5.24. The third kappa shape index (κ3) is 3.80. The lowest BCUT2D eigenvalue weighted by Crippen LogP contribution is -2.28. The first-order valence-electron chi connectivity index (χ1n) is 4.86. The van der Waals surface area contributed by atoms with Crippen LogP contribution in [-0.4, -0.2) is 36.3 Å². The highest BCUT2D eigenvalue weighted by Gasteiger charge is 2.06. The molecule has 7 heteroatoms. The highest BCUT2D eigenvalue weighted by Crippen LogP contribution is 2.11. The predicted molar refractivity (Wildman–Crippen MR) is 62.8 cm³/mol. The van der Waals surface area contributed by atoms with Crippen LogP contribution in [0.1, 0.15) is 6.42 Å². The summed E-state index contributed by atoms with van der Waals surface area (Å²) in [5.74, 6) is 0.370. The Morgan fingerprint density at radius 3 is 3.19 bits per heavy atom. The van der Waals surface area contributed by atoms with Crippen molar-refractivity contribution in [3.05, 3.63) is 21.7 Å². The Morgan fingerprint density at radius 2 is 2.50 bits per heavy atom. The summed E-state index contributed by atoms with van der Waals surface area (Å²) in [7, 11) is 1.60. The van der Waals surface area contributed by atoms with Gasteiger partial charge >= 0.3 is 0 Å². The summed E-state index contributed by atoms with van der Waals surface area (Å²) in [6.45, 7) is 1.08. The lowest BCUT2D eigenvalue weighted by Gasteiger charge is -2.11. The van der Waals surface area contributed by atoms with Crippen LogP contribution in [0.25, 0.3) is 0 Å². The normalized spacial score (nSPS) is 12.4. The first-order chi connectivity index (χ1) is 7.65. The zero-order valence-corrected chi connectivity index (χ0v) is 9.75. The molecule has 0 amide bonds. The van der Waals surface area contributed by atoms with E-state index >= 15 is 0 Å². The van der Waals surface area contributed by atoms with E-state index in [-0.39, 0.29) is 16.6 Å². The summed E-state index contributed by atoms with van der Waals surface area (Å²) < 4.78 is 4.90. The van der Waals surface area contributed by atoms with Gasteiger partial charge in [-0.25, -0.2) is 4.98 Å². The van der Waals surface area contributed by atoms with Crippen LogP contribution in [0.15, 0.2) is 11.1 Å². The Labute approximate surface area is 98.2 Å². The summed E-state index contributed by atoms with van der Waals surface area (Å²) in [6, 6.07) is -0.0433. The quantitative estimate of drug-likeness (QED) is 0.667. The number of aromatic nitrogens is 2. The second-order valence-electron chi connectivity index (χ2n) is 3.33. The van der Waals surface area contributed by atoms with E-state index < -0.39 is 0 Å². The number of nitrogens with one attached hydrogen (secondary N) is 2. The van der Waals surface area contributed by atoms with Crippen LogP contribution in [0.4, 0.5) is 5.82 Å². The number of aromatic amines is 1. The van der Waals surface area contributed by atoms with E-state index in [1.165, 1.54) is 6.33 Å². The van der Waals surface area contributed by atoms with E-state index in [9.17, 15) is 4.79 Å². The average Bonchev–Trinajstić information content (AvgIpc) is 2.25. The topological polar surface area (TPSA) is 93.0 Å². The molecule has 1 unspecified atom stereocenters. The van der Waals surface area contributed by atoms with Crippen LogP contribution in [0.3, 0.4) is 0 Å². The summed E-state index contributed by atoms with van der Waals surface area (Å²) in [5, 5.41) is 3.00. The third-order valence-corrected chi connectivity index (χ3v) is 2.34. The number of anilines is 1. The zero-order chi connectivity index (χ0) is 12.0. The Kier molecular flexibility index (Phi) is 5.24. The summed E-state index contributed by atoms with van der Waals surface area (Å²) in [4.78, 5) is 17.4. The fourth-order valence-corrected chi connectivity index (χ4v) is 1.35. The minimum atomic E-state index is -0.361. The van der Waals surface area contributed by atoms with Gasteiger partial charge in [0.1, 0.15) is 5.02 Å². The molecule has 6 nitrogen and oxygen atoms in total. The minimum Gasteiger partial charge on any atom is -0.383 e. The molecular weight excluding hydrogens is 232 g/mol. The molecule has 0 aliphatic carbocycles. The standard InChI is InChI=1S/C9H15ClN4O2/c1-16-4-6(11)2-3-12-8-7(10)9(15)14-5-13-8/h5-6H,2-4,11H2,1H3,(H2,12,13,14,15). The van der Waals surface area contributed by atoms with Gasteiger partial charge in [-0.2, -0.15) is 0 Å². The number of methoxy groups -OCH3 is 1. The van der Waals surface area contributed by atoms with Crippen LogP contribution in [0.5, 0.6) is 0 Å². The van der Waals surface area contributed by atoms with E-state index in [0.717, 1.165) is 0 Å². The third-order valence-electron chi connectivity index (χ3n) is 1.98. The fraction of sp³-hybridized carbons (Fsp3) is 0.556. The molecule has 1 heterocycles. The number of nitrogens with two attached hydrogens (primary N) is 1. The number of ether oxygens (including phenoxy) is 1. The predicted octanol–water partition coefficient (Wildman–Crippen LogP) is 0.199. The summed E-state index contributed by atoms with van der Waals surface area (Å²) in [6.07, 6.45) is 2.00. The number of hydrogen-bond donors (Lipinski definition) is 3. The average molecular weight is 247 g/mol. The van der Waals surface area contributed by atoms with Crippen molar-refractivity contribution in [3.63, 3.8) is 0 Å². The second-order valence-corrected chi connectivity index (χ2v) is 3.70. The largest absolute Gasteiger partial charge is 0.383 e. The smallest absolute Gasteiger partial charge is 0.271 e. The number of halogens is 1. The number of H-pyrrole nitrogens is 1. The first kappa shape index (κ1) is 13.0. The molecule has 1 rings (SSSR count). The van der Waals surface area contributed by atoms with Gasteiger partial charge in [-0.3, -0.25) is 4.79 Å². The van der Waals surface area contributed by atoms with Crippen LogP contribution < -0.4 is 16.6 Å². The molecule has 0 spiro atoms. The zero-order valence-electron chi connectivity index (χ0n) is 9.00. The van der Waals surface area contributed by atoms with Gasteiger partial charge in [0.15, 0.2) is 5.82 Å². The SMILES string of the molecule is COCC(N)CCNc1nc[nH]c(=O)c1Cl. The van der Waals surface area contributed by atoms with E-state index in [1.54, 1.807) is 7.11 Å². The number of hydrogen-bond acceptors (Lipinski definition) is 5. The molecule has 0 aliphatic heterocycles. The molecular formula is C9H15ClN4O2. The van der Waals surface area contributed by atoms with Crippen molar-refractivity contribution in [2.24, 2.45) is 5.73 Å². The van der Waals surface area contributed by atoms with Gasteiger partial charge < -0.3 is 20.8 Å². The van der Waals surface area contributed by atoms with Gasteiger partial charge in [0, 0.05) is 19.7 Å². The van der Waals surface area contributed by atoms with Crippen LogP contribution >= 0.6 is 11.6 Å². The highest BCUT2D eigenvalue weighted by atomic mass is 35.5. The highest BCUT2D eigenvalue weighted by molar-refractivity contribution is 6.32. The molecule has 4 N–H and O–H groups in total. The molecule has 0 bridgehead atoms. The molecule has 0 aliphatic rings. The van der Waals surface area contributed by atoms with Crippen molar-refractivity contribution in [1.29, 1.82) is 0 Å². The summed E-state index contributed by atoms with van der Waals surface area (Å²) >= 11 is 5.75. The minimum absolute atomic E-state index is 0.0433. The van der Waals surface area contributed by atoms with Crippen molar-refractivity contribution in [3.8, 4) is 0 Å². The molecule has 16 heavy (non-hydrogen) atoms. The van der Waals surface area contributed by atoms with Gasteiger partial charge in [0.05, 0.1) is 12.9 Å². The van der Waals surface area contributed by atoms with Gasteiger partial charge in [0.2, 0.25) is 0 Å². The Morgan fingerprint density at radius 1 is 1.75 bits per heavy atom. The molecule has 0 saturated carbocycles. The van der Waals surface area contributed by atoms with Gasteiger partial charge in [-0.05, 0) is 6.42 Å². The van der Waals surface area contributed by atoms with E-state index in [0.29, 0.717) is 25.4 Å². The monoisotopic (exact) mass is 246 g/mol. The Balaban J connectivity index is 2.43. The molecule has 0 aromatic carbocycles. The summed E-state index contributed by atoms with van der Waals surface area (Å²) in [5.41, 5.74) is 5.37. The van der Waals surface area contributed by atoms with Gasteiger partial charge in [0.25, 0.3) is 5.56 Å². The number of nitrogens with zero attached hydrogens (tertiary/aromatic N) is 1. The molecule has 0 saturated heterocycles. The number of rotatable bonds is 6. The fourth-order valence-electron chi connectivity index (χ4n) is 1.18.